The van der Waals surface area contributed by atoms with Gasteiger partial charge < -0.3 is 20.1 Å². The molecule has 0 saturated carbocycles. The number of nitrogens with zero attached hydrogens (tertiary/aromatic N) is 4. The predicted molar refractivity (Wildman–Crippen MR) is 173 cm³/mol. The van der Waals surface area contributed by atoms with E-state index < -0.39 is 0 Å². The molecule has 2 aromatic heterocycles. The molecule has 3 heterocycles. The molecule has 1 aliphatic rings. The first-order valence-corrected chi connectivity index (χ1v) is 16.1. The van der Waals surface area contributed by atoms with E-state index in [1.807, 2.05) is 67.6 Å². The number of aromatic nitrogens is 4. The zero-order valence-electron chi connectivity index (χ0n) is 25.7. The van der Waals surface area contributed by atoms with Crippen LogP contribution in [-0.2, 0) is 44.7 Å². The molecule has 11 nitrogen and oxygen atoms in total. The third-order valence-corrected chi connectivity index (χ3v) is 7.95. The Bertz CT molecular complexity index is 1550. The first-order valence-electron chi connectivity index (χ1n) is 15.2. The van der Waals surface area contributed by atoms with Gasteiger partial charge in [-0.15, -0.1) is 15.3 Å². The lowest BCUT2D eigenvalue weighted by atomic mass is 10.0. The van der Waals surface area contributed by atoms with Gasteiger partial charge >= 0.3 is 0 Å². The summed E-state index contributed by atoms with van der Waals surface area (Å²) >= 11 is 1.39. The molecule has 0 spiro atoms. The summed E-state index contributed by atoms with van der Waals surface area (Å²) in [6.45, 7) is 6.11. The molecule has 12 heteroatoms. The van der Waals surface area contributed by atoms with Crippen molar-refractivity contribution in [3.05, 3.63) is 94.1 Å². The topological polar surface area (TPSA) is 144 Å². The quantitative estimate of drug-likeness (QED) is 0.115. The standard InChI is InChI=1S/C33H39N7O4S/c1-21(2)34-31-32(44-31)43-22(3)25-13-9-12-24(18-25)20-29(42)36-33-40-39-30(45-33)15-8-7-14-26-16-17-27(38-37-26)35-28(41)19-23-10-5-4-6-11-23/h4-6,9-13,16-18,21-22,31-32,34H,7-8,14-15,19-20H2,1-3H3,(H,35,38,41)(H,36,40,42). The van der Waals surface area contributed by atoms with Crippen molar-refractivity contribution in [2.45, 2.75) is 84.0 Å². The normalized spacial score (nSPS) is 16.4. The molecule has 0 radical (unpaired) electrons. The van der Waals surface area contributed by atoms with Crippen LogP contribution in [0.1, 0.15) is 67.1 Å². The third-order valence-electron chi connectivity index (χ3n) is 7.05. The number of carbonyl (C=O) groups excluding carboxylic acids is 2. The van der Waals surface area contributed by atoms with Crippen LogP contribution in [0.3, 0.4) is 0 Å². The summed E-state index contributed by atoms with van der Waals surface area (Å²) < 4.78 is 11.5. The number of benzene rings is 2. The lowest BCUT2D eigenvalue weighted by Crippen LogP contribution is -2.28. The molecule has 0 bridgehead atoms. The van der Waals surface area contributed by atoms with E-state index >= 15 is 0 Å². The van der Waals surface area contributed by atoms with Crippen LogP contribution in [0, 0.1) is 0 Å². The number of amides is 2. The highest BCUT2D eigenvalue weighted by atomic mass is 32.1. The number of hydrogen-bond acceptors (Lipinski definition) is 10. The summed E-state index contributed by atoms with van der Waals surface area (Å²) in [7, 11) is 0. The number of ether oxygens (including phenoxy) is 2. The van der Waals surface area contributed by atoms with Gasteiger partial charge in [0.15, 0.2) is 18.3 Å². The van der Waals surface area contributed by atoms with E-state index in [2.05, 4.69) is 50.2 Å². The maximum Gasteiger partial charge on any atom is 0.230 e. The number of anilines is 2. The van der Waals surface area contributed by atoms with Crippen LogP contribution in [0.2, 0.25) is 0 Å². The molecule has 0 aliphatic carbocycles. The van der Waals surface area contributed by atoms with Crippen molar-refractivity contribution in [3.63, 3.8) is 0 Å². The minimum atomic E-state index is -0.257. The van der Waals surface area contributed by atoms with Crippen molar-refractivity contribution in [2.24, 2.45) is 0 Å². The number of rotatable bonds is 16. The van der Waals surface area contributed by atoms with Crippen molar-refractivity contribution in [1.29, 1.82) is 0 Å². The van der Waals surface area contributed by atoms with E-state index in [1.54, 1.807) is 6.07 Å². The SMILES string of the molecule is CC(C)NC1OC1OC(C)c1cccc(CC(=O)Nc2nnc(CCCCc3ccc(NC(=O)Cc4ccccc4)nn3)s2)c1. The minimum absolute atomic E-state index is 0.0719. The van der Waals surface area contributed by atoms with Crippen LogP contribution in [0.4, 0.5) is 10.9 Å². The van der Waals surface area contributed by atoms with Gasteiger partial charge in [0.2, 0.25) is 16.9 Å². The summed E-state index contributed by atoms with van der Waals surface area (Å²) in [6.07, 6.45) is 3.34. The number of unbranched alkanes of at least 4 members (excludes halogenated alkanes) is 1. The Morgan fingerprint density at radius 2 is 1.60 bits per heavy atom. The van der Waals surface area contributed by atoms with E-state index in [0.717, 1.165) is 53.1 Å². The van der Waals surface area contributed by atoms with Gasteiger partial charge in [-0.3, -0.25) is 14.9 Å². The van der Waals surface area contributed by atoms with E-state index in [0.29, 0.717) is 23.4 Å². The minimum Gasteiger partial charge on any atom is -0.341 e. The van der Waals surface area contributed by atoms with Crippen molar-refractivity contribution >= 4 is 34.1 Å². The van der Waals surface area contributed by atoms with Crippen LogP contribution in [0.5, 0.6) is 0 Å². The van der Waals surface area contributed by atoms with Crippen LogP contribution in [-0.4, -0.2) is 50.8 Å². The van der Waals surface area contributed by atoms with Gasteiger partial charge in [-0.25, -0.2) is 0 Å². The molecule has 2 amide bonds. The predicted octanol–water partition coefficient (Wildman–Crippen LogP) is 5.01. The Kier molecular flexibility index (Phi) is 11.3. The number of epoxide rings is 1. The second-order valence-electron chi connectivity index (χ2n) is 11.3. The maximum atomic E-state index is 12.7. The fourth-order valence-corrected chi connectivity index (χ4v) is 5.55. The summed E-state index contributed by atoms with van der Waals surface area (Å²) in [5.74, 6) is 0.169. The van der Waals surface area contributed by atoms with Gasteiger partial charge in [0.05, 0.1) is 24.6 Å². The van der Waals surface area contributed by atoms with Crippen molar-refractivity contribution < 1.29 is 19.1 Å². The Balaban J connectivity index is 0.992. The molecule has 2 aromatic carbocycles. The Hall–Kier alpha value is -4.10. The molecule has 5 rings (SSSR count). The van der Waals surface area contributed by atoms with Crippen molar-refractivity contribution in [1.82, 2.24) is 25.7 Å². The summed E-state index contributed by atoms with van der Waals surface area (Å²) in [4.78, 5) is 25.0. The zero-order chi connectivity index (χ0) is 31.6. The van der Waals surface area contributed by atoms with Gasteiger partial charge in [-0.1, -0.05) is 65.9 Å². The molecule has 3 atom stereocenters. The summed E-state index contributed by atoms with van der Waals surface area (Å²) in [5.41, 5.74) is 3.69. The Morgan fingerprint density at radius 3 is 2.38 bits per heavy atom. The second kappa shape index (κ2) is 15.8. The highest BCUT2D eigenvalue weighted by Crippen LogP contribution is 2.29. The Labute approximate surface area is 267 Å². The smallest absolute Gasteiger partial charge is 0.230 e. The second-order valence-corrected chi connectivity index (χ2v) is 12.4. The molecule has 1 saturated heterocycles. The van der Waals surface area contributed by atoms with Crippen LogP contribution in [0.15, 0.2) is 66.7 Å². The first kappa shape index (κ1) is 32.3. The molecule has 3 N–H and O–H groups in total. The average Bonchev–Trinajstić information content (AvgIpc) is 3.57. The monoisotopic (exact) mass is 629 g/mol. The van der Waals surface area contributed by atoms with Crippen molar-refractivity contribution in [3.8, 4) is 0 Å². The third kappa shape index (κ3) is 10.5. The van der Waals surface area contributed by atoms with Gasteiger partial charge in [0.1, 0.15) is 5.01 Å². The number of nitrogens with one attached hydrogen (secondary N) is 3. The van der Waals surface area contributed by atoms with E-state index in [1.165, 1.54) is 11.3 Å². The number of hydrogen-bond donors (Lipinski definition) is 3. The van der Waals surface area contributed by atoms with Gasteiger partial charge in [0, 0.05) is 12.5 Å². The molecule has 4 aromatic rings. The molecule has 1 aliphatic heterocycles. The average molecular weight is 630 g/mol. The zero-order valence-corrected chi connectivity index (χ0v) is 26.5. The highest BCUT2D eigenvalue weighted by molar-refractivity contribution is 7.15. The fraction of sp³-hybridized carbons (Fsp3) is 0.394. The van der Waals surface area contributed by atoms with Crippen molar-refractivity contribution in [2.75, 3.05) is 10.6 Å². The van der Waals surface area contributed by atoms with Crippen LogP contribution < -0.4 is 16.0 Å². The summed E-state index contributed by atoms with van der Waals surface area (Å²) in [6, 6.07) is 21.4. The number of aryl methyl sites for hydroxylation is 2. The molecule has 236 valence electrons. The lowest BCUT2D eigenvalue weighted by Gasteiger charge is -2.13. The number of carbonyl (C=O) groups is 2. The van der Waals surface area contributed by atoms with Crippen LogP contribution >= 0.6 is 11.3 Å². The summed E-state index contributed by atoms with van der Waals surface area (Å²) in [5, 5.41) is 27.1. The van der Waals surface area contributed by atoms with E-state index in [-0.39, 0.29) is 36.9 Å². The molecule has 3 unspecified atom stereocenters. The first-order chi connectivity index (χ1) is 21.8. The van der Waals surface area contributed by atoms with Gasteiger partial charge in [-0.2, -0.15) is 5.10 Å². The highest BCUT2D eigenvalue weighted by Gasteiger charge is 2.41. The van der Waals surface area contributed by atoms with Gasteiger partial charge in [-0.05, 0) is 68.9 Å². The van der Waals surface area contributed by atoms with Gasteiger partial charge in [0.25, 0.3) is 0 Å². The van der Waals surface area contributed by atoms with E-state index in [9.17, 15) is 9.59 Å². The lowest BCUT2D eigenvalue weighted by molar-refractivity contribution is -0.116. The fourth-order valence-electron chi connectivity index (χ4n) is 4.75. The largest absolute Gasteiger partial charge is 0.341 e. The van der Waals surface area contributed by atoms with E-state index in [4.69, 9.17) is 9.47 Å². The molecule has 1 fully saturated rings. The van der Waals surface area contributed by atoms with Crippen LogP contribution in [0.25, 0.3) is 0 Å². The molecular formula is C33H39N7O4S. The molecule has 45 heavy (non-hydrogen) atoms. The Morgan fingerprint density at radius 1 is 0.844 bits per heavy atom. The maximum absolute atomic E-state index is 12.7. The molecular weight excluding hydrogens is 590 g/mol.